The lowest BCUT2D eigenvalue weighted by atomic mass is 9.92. The smallest absolute Gasteiger partial charge is 0.370 e. The molecule has 0 aliphatic carbocycles. The van der Waals surface area contributed by atoms with Crippen LogP contribution in [0.5, 0.6) is 0 Å². The van der Waals surface area contributed by atoms with Gasteiger partial charge in [-0.3, -0.25) is 4.79 Å². The van der Waals surface area contributed by atoms with Crippen molar-refractivity contribution in [2.75, 3.05) is 19.7 Å². The van der Waals surface area contributed by atoms with Crippen molar-refractivity contribution < 1.29 is 22.7 Å². The van der Waals surface area contributed by atoms with Crippen molar-refractivity contribution in [3.8, 4) is 6.07 Å². The molecule has 1 aliphatic heterocycles. The molecule has 1 fully saturated rings. The van der Waals surface area contributed by atoms with Crippen LogP contribution in [0.15, 0.2) is 24.3 Å². The molecule has 23 heavy (non-hydrogen) atoms. The van der Waals surface area contributed by atoms with Gasteiger partial charge in [-0.05, 0) is 25.5 Å². The average molecular weight is 326 g/mol. The molecule has 1 amide bonds. The molecular formula is C16H17F3N2O2. The van der Waals surface area contributed by atoms with Gasteiger partial charge in [0.2, 0.25) is 5.91 Å². The fourth-order valence-corrected chi connectivity index (χ4v) is 2.50. The molecule has 0 radical (unpaired) electrons. The van der Waals surface area contributed by atoms with Crippen molar-refractivity contribution in [3.05, 3.63) is 35.4 Å². The molecular weight excluding hydrogens is 309 g/mol. The van der Waals surface area contributed by atoms with E-state index in [0.717, 1.165) is 6.07 Å². The van der Waals surface area contributed by atoms with Gasteiger partial charge >= 0.3 is 6.18 Å². The van der Waals surface area contributed by atoms with Crippen molar-refractivity contribution in [2.45, 2.75) is 26.1 Å². The molecule has 0 unspecified atom stereocenters. The Hall–Kier alpha value is -2.07. The van der Waals surface area contributed by atoms with Crippen LogP contribution in [-0.4, -0.2) is 30.5 Å². The quantitative estimate of drug-likeness (QED) is 0.839. The summed E-state index contributed by atoms with van der Waals surface area (Å²) >= 11 is 0. The average Bonchev–Trinajstić information content (AvgIpc) is 2.53. The third kappa shape index (κ3) is 3.64. The first-order valence-corrected chi connectivity index (χ1v) is 7.15. The first-order valence-electron chi connectivity index (χ1n) is 7.15. The summed E-state index contributed by atoms with van der Waals surface area (Å²) < 4.78 is 44.8. The highest BCUT2D eigenvalue weighted by Gasteiger charge is 2.39. The van der Waals surface area contributed by atoms with E-state index in [9.17, 15) is 18.0 Å². The van der Waals surface area contributed by atoms with E-state index in [1.165, 1.54) is 36.9 Å². The van der Waals surface area contributed by atoms with Crippen molar-refractivity contribution >= 4 is 5.91 Å². The summed E-state index contributed by atoms with van der Waals surface area (Å²) in [5.74, 6) is -0.405. The fraction of sp³-hybridized carbons (Fsp3) is 0.500. The molecule has 1 atom stereocenters. The number of ether oxygens (including phenoxy) is 1. The molecule has 4 nitrogen and oxygen atoms in total. The molecule has 0 bridgehead atoms. The predicted octanol–water partition coefficient (Wildman–Crippen LogP) is 3.16. The van der Waals surface area contributed by atoms with Gasteiger partial charge in [-0.2, -0.15) is 18.4 Å². The number of benzene rings is 1. The monoisotopic (exact) mass is 326 g/mol. The molecule has 1 heterocycles. The number of halogens is 3. The van der Waals surface area contributed by atoms with Crippen LogP contribution in [0, 0.1) is 16.7 Å². The summed E-state index contributed by atoms with van der Waals surface area (Å²) in [5, 5.41) is 9.05. The minimum absolute atomic E-state index is 0.00294. The van der Waals surface area contributed by atoms with Crippen LogP contribution in [0.2, 0.25) is 0 Å². The Labute approximate surface area is 132 Å². The van der Waals surface area contributed by atoms with E-state index in [0.29, 0.717) is 0 Å². The number of alkyl halides is 3. The van der Waals surface area contributed by atoms with E-state index in [-0.39, 0.29) is 25.3 Å². The van der Waals surface area contributed by atoms with Crippen LogP contribution in [-0.2, 0) is 15.7 Å². The highest BCUT2D eigenvalue weighted by atomic mass is 19.4. The van der Waals surface area contributed by atoms with Crippen LogP contribution in [0.25, 0.3) is 0 Å². The summed E-state index contributed by atoms with van der Waals surface area (Å²) in [4.78, 5) is 13.7. The van der Waals surface area contributed by atoms with Gasteiger partial charge in [0, 0.05) is 6.54 Å². The van der Waals surface area contributed by atoms with Crippen LogP contribution in [0.3, 0.4) is 0 Å². The van der Waals surface area contributed by atoms with Crippen molar-refractivity contribution in [2.24, 2.45) is 5.41 Å². The molecule has 1 aromatic rings. The predicted molar refractivity (Wildman–Crippen MR) is 76.1 cm³/mol. The van der Waals surface area contributed by atoms with Gasteiger partial charge in [0.1, 0.15) is 11.5 Å². The van der Waals surface area contributed by atoms with Gasteiger partial charge < -0.3 is 9.64 Å². The molecule has 7 heteroatoms. The molecule has 2 rings (SSSR count). The second kappa shape index (κ2) is 6.20. The number of rotatable bonds is 2. The van der Waals surface area contributed by atoms with Crippen LogP contribution < -0.4 is 0 Å². The second-order valence-corrected chi connectivity index (χ2v) is 5.93. The van der Waals surface area contributed by atoms with E-state index in [4.69, 9.17) is 10.00 Å². The number of nitriles is 1. The minimum atomic E-state index is -4.49. The largest absolute Gasteiger partial charge is 0.416 e. The standard InChI is InChI=1S/C16H17F3N2O2/c1-15(2,10-20)14(22)21-7-8-23-13(9-21)11-5-3-4-6-12(11)16(17,18)19/h3-6,13H,7-9H2,1-2H3/t13-/m0/s1. The minimum Gasteiger partial charge on any atom is -0.370 e. The summed E-state index contributed by atoms with van der Waals surface area (Å²) in [7, 11) is 0. The first kappa shape index (κ1) is 17.3. The van der Waals surface area contributed by atoms with E-state index in [1.807, 2.05) is 6.07 Å². The molecule has 1 saturated heterocycles. The van der Waals surface area contributed by atoms with Crippen molar-refractivity contribution in [1.82, 2.24) is 4.90 Å². The molecule has 124 valence electrons. The van der Waals surface area contributed by atoms with Gasteiger partial charge in [0.15, 0.2) is 0 Å². The molecule has 0 N–H and O–H groups in total. The van der Waals surface area contributed by atoms with Crippen LogP contribution in [0.1, 0.15) is 31.1 Å². The number of carbonyl (C=O) groups is 1. The topological polar surface area (TPSA) is 53.3 Å². The summed E-state index contributed by atoms with van der Waals surface area (Å²) in [6.45, 7) is 3.36. The van der Waals surface area contributed by atoms with E-state index >= 15 is 0 Å². The van der Waals surface area contributed by atoms with Gasteiger partial charge in [0.05, 0.1) is 24.8 Å². The zero-order chi connectivity index (χ0) is 17.3. The number of hydrogen-bond donors (Lipinski definition) is 0. The maximum Gasteiger partial charge on any atom is 0.416 e. The lowest BCUT2D eigenvalue weighted by Gasteiger charge is -2.36. The Bertz CT molecular complexity index is 635. The third-order valence-corrected chi connectivity index (χ3v) is 3.78. The normalized spacial score (nSPS) is 19.3. The number of morpholine rings is 1. The highest BCUT2D eigenvalue weighted by Crippen LogP contribution is 2.37. The van der Waals surface area contributed by atoms with E-state index < -0.39 is 29.2 Å². The Balaban J connectivity index is 2.27. The summed E-state index contributed by atoms with van der Waals surface area (Å²) in [6.07, 6.45) is -5.35. The Morgan fingerprint density at radius 1 is 1.35 bits per heavy atom. The Kier molecular flexibility index (Phi) is 4.66. The molecule has 0 saturated carbocycles. The maximum absolute atomic E-state index is 13.1. The molecule has 0 aromatic heterocycles. The molecule has 1 aliphatic rings. The van der Waals surface area contributed by atoms with Crippen molar-refractivity contribution in [1.29, 1.82) is 5.26 Å². The zero-order valence-electron chi connectivity index (χ0n) is 12.9. The lowest BCUT2D eigenvalue weighted by Crippen LogP contribution is -2.47. The Morgan fingerprint density at radius 3 is 2.61 bits per heavy atom. The number of amides is 1. The van der Waals surface area contributed by atoms with Gasteiger partial charge in [-0.15, -0.1) is 0 Å². The SMILES string of the molecule is CC(C)(C#N)C(=O)N1CCO[C@H](c2ccccc2C(F)(F)F)C1. The Morgan fingerprint density at radius 2 is 2.00 bits per heavy atom. The lowest BCUT2D eigenvalue weighted by molar-refractivity contribution is -0.147. The van der Waals surface area contributed by atoms with Crippen molar-refractivity contribution in [3.63, 3.8) is 0 Å². The third-order valence-electron chi connectivity index (χ3n) is 3.78. The first-order chi connectivity index (χ1) is 10.7. The number of carbonyl (C=O) groups excluding carboxylic acids is 1. The fourth-order valence-electron chi connectivity index (χ4n) is 2.50. The summed E-state index contributed by atoms with van der Waals surface area (Å²) in [5.41, 5.74) is -1.98. The van der Waals surface area contributed by atoms with Gasteiger partial charge in [-0.1, -0.05) is 18.2 Å². The molecule has 1 aromatic carbocycles. The maximum atomic E-state index is 13.1. The highest BCUT2D eigenvalue weighted by molar-refractivity contribution is 5.84. The van der Waals surface area contributed by atoms with E-state index in [1.54, 1.807) is 0 Å². The van der Waals surface area contributed by atoms with Gasteiger partial charge in [-0.25, -0.2) is 0 Å². The van der Waals surface area contributed by atoms with Crippen LogP contribution >= 0.6 is 0 Å². The zero-order valence-corrected chi connectivity index (χ0v) is 12.9. The number of nitrogens with zero attached hydrogens (tertiary/aromatic N) is 2. The second-order valence-electron chi connectivity index (χ2n) is 5.93. The molecule has 0 spiro atoms. The summed E-state index contributed by atoms with van der Waals surface area (Å²) in [6, 6.07) is 7.10. The number of hydrogen-bond acceptors (Lipinski definition) is 3. The van der Waals surface area contributed by atoms with E-state index in [2.05, 4.69) is 0 Å². The van der Waals surface area contributed by atoms with Gasteiger partial charge in [0.25, 0.3) is 0 Å². The van der Waals surface area contributed by atoms with Crippen LogP contribution in [0.4, 0.5) is 13.2 Å².